The first-order valence-corrected chi connectivity index (χ1v) is 14.0. The molecule has 1 aliphatic rings. The van der Waals surface area contributed by atoms with Crippen molar-refractivity contribution in [2.75, 3.05) is 11.1 Å². The molecular weight excluding hydrogens is 560 g/mol. The zero-order valence-corrected chi connectivity index (χ0v) is 23.8. The molecule has 1 fully saturated rings. The van der Waals surface area contributed by atoms with Gasteiger partial charge in [0.25, 0.3) is 0 Å². The smallest absolute Gasteiger partial charge is 0.416 e. The Morgan fingerprint density at radius 2 is 1.65 bits per heavy atom. The summed E-state index contributed by atoms with van der Waals surface area (Å²) in [4.78, 5) is 10.8. The Kier molecular flexibility index (Phi) is 10.3. The van der Waals surface area contributed by atoms with E-state index in [-0.39, 0.29) is 18.0 Å². The third-order valence-corrected chi connectivity index (χ3v) is 7.34. The second-order valence-corrected chi connectivity index (χ2v) is 10.5. The Labute approximate surface area is 248 Å². The number of nitrogens with one attached hydrogen (secondary N) is 1. The molecule has 4 aromatic rings. The fourth-order valence-electron chi connectivity index (χ4n) is 4.89. The van der Waals surface area contributed by atoms with Crippen molar-refractivity contribution in [2.24, 2.45) is 0 Å². The number of aryl methyl sites for hydroxylation is 1. The van der Waals surface area contributed by atoms with Crippen molar-refractivity contribution in [1.82, 2.24) is 0 Å². The van der Waals surface area contributed by atoms with Crippen LogP contribution in [-0.4, -0.2) is 17.1 Å². The van der Waals surface area contributed by atoms with E-state index in [1.807, 2.05) is 24.3 Å². The maximum atomic E-state index is 13.6. The SMILES string of the molecule is Cc1ccc(OCc2ccccc2-c2ccc(C(F)(F)F)cc2)cc1F.Nc1cc(C(=O)O)ccc1NC1CCCCC1. The van der Waals surface area contributed by atoms with Gasteiger partial charge >= 0.3 is 12.1 Å². The van der Waals surface area contributed by atoms with Crippen LogP contribution in [0.15, 0.2) is 84.9 Å². The molecule has 0 amide bonds. The number of aromatic carboxylic acids is 1. The van der Waals surface area contributed by atoms with Crippen LogP contribution in [0.5, 0.6) is 5.75 Å². The fourth-order valence-corrected chi connectivity index (χ4v) is 4.89. The van der Waals surface area contributed by atoms with Gasteiger partial charge in [-0.05, 0) is 78.4 Å². The molecule has 0 unspecified atom stereocenters. The van der Waals surface area contributed by atoms with Gasteiger partial charge in [-0.3, -0.25) is 0 Å². The first kappa shape index (κ1) is 31.4. The lowest BCUT2D eigenvalue weighted by molar-refractivity contribution is -0.137. The molecule has 5 rings (SSSR count). The number of alkyl halides is 3. The van der Waals surface area contributed by atoms with Crippen LogP contribution in [0.4, 0.5) is 28.9 Å². The standard InChI is InChI=1S/C21H16F4O.C13H18N2O2/c1-14-6-11-18(12-20(14)22)26-13-16-4-2-3-5-19(16)15-7-9-17(10-8-15)21(23,24)25;14-11-8-9(13(16)17)6-7-12(11)15-10-4-2-1-3-5-10/h2-12H,13H2,1H3;6-8,10,15H,1-5,14H2,(H,16,17). The van der Waals surface area contributed by atoms with E-state index >= 15 is 0 Å². The monoisotopic (exact) mass is 594 g/mol. The number of anilines is 2. The third kappa shape index (κ3) is 8.73. The molecule has 0 radical (unpaired) electrons. The fraction of sp³-hybridized carbons (Fsp3) is 0.265. The molecule has 9 heteroatoms. The molecule has 5 nitrogen and oxygen atoms in total. The van der Waals surface area contributed by atoms with Crippen LogP contribution in [0.25, 0.3) is 11.1 Å². The van der Waals surface area contributed by atoms with Gasteiger partial charge < -0.3 is 20.9 Å². The summed E-state index contributed by atoms with van der Waals surface area (Å²) in [5, 5.41) is 12.2. The summed E-state index contributed by atoms with van der Waals surface area (Å²) in [5.74, 6) is -0.894. The van der Waals surface area contributed by atoms with Crippen molar-refractivity contribution >= 4 is 17.3 Å². The van der Waals surface area contributed by atoms with Crippen LogP contribution < -0.4 is 15.8 Å². The summed E-state index contributed by atoms with van der Waals surface area (Å²) in [6.07, 6.45) is 1.79. The predicted octanol–water partition coefficient (Wildman–Crippen LogP) is 9.11. The highest BCUT2D eigenvalue weighted by atomic mass is 19.4. The highest BCUT2D eigenvalue weighted by Gasteiger charge is 2.30. The van der Waals surface area contributed by atoms with E-state index in [2.05, 4.69) is 5.32 Å². The number of benzene rings is 4. The van der Waals surface area contributed by atoms with E-state index in [4.69, 9.17) is 15.6 Å². The minimum absolute atomic E-state index is 0.180. The molecule has 4 N–H and O–H groups in total. The van der Waals surface area contributed by atoms with E-state index in [1.165, 1.54) is 56.4 Å². The average Bonchev–Trinajstić information content (AvgIpc) is 2.99. The minimum atomic E-state index is -4.36. The van der Waals surface area contributed by atoms with Gasteiger partial charge in [0, 0.05) is 12.1 Å². The topological polar surface area (TPSA) is 84.6 Å². The highest BCUT2D eigenvalue weighted by Crippen LogP contribution is 2.32. The Morgan fingerprint density at radius 3 is 2.28 bits per heavy atom. The van der Waals surface area contributed by atoms with E-state index in [0.29, 0.717) is 28.6 Å². The first-order chi connectivity index (χ1) is 20.5. The normalized spacial score (nSPS) is 13.5. The number of ether oxygens (including phenoxy) is 1. The van der Waals surface area contributed by atoms with E-state index in [0.717, 1.165) is 28.9 Å². The highest BCUT2D eigenvalue weighted by molar-refractivity contribution is 5.90. The molecular formula is C34H34F4N2O3. The van der Waals surface area contributed by atoms with Crippen LogP contribution >= 0.6 is 0 Å². The Balaban J connectivity index is 0.000000215. The Hall–Kier alpha value is -4.53. The number of hydrogen-bond donors (Lipinski definition) is 3. The summed E-state index contributed by atoms with van der Waals surface area (Å²) in [6, 6.07) is 22.2. The van der Waals surface area contributed by atoms with Crippen LogP contribution in [0, 0.1) is 12.7 Å². The Bertz CT molecular complexity index is 1530. The van der Waals surface area contributed by atoms with E-state index in [9.17, 15) is 22.4 Å². The number of nitrogen functional groups attached to an aromatic ring is 1. The van der Waals surface area contributed by atoms with Gasteiger partial charge in [-0.2, -0.15) is 13.2 Å². The molecule has 226 valence electrons. The van der Waals surface area contributed by atoms with Gasteiger partial charge in [-0.25, -0.2) is 9.18 Å². The summed E-state index contributed by atoms with van der Waals surface area (Å²) in [7, 11) is 0. The predicted molar refractivity (Wildman–Crippen MR) is 161 cm³/mol. The Morgan fingerprint density at radius 1 is 0.953 bits per heavy atom. The van der Waals surface area contributed by atoms with Crippen LogP contribution in [0.2, 0.25) is 0 Å². The zero-order valence-electron chi connectivity index (χ0n) is 23.8. The number of nitrogens with two attached hydrogens (primary N) is 1. The van der Waals surface area contributed by atoms with Crippen molar-refractivity contribution in [3.05, 3.63) is 113 Å². The number of carboxylic acids is 1. The molecule has 0 aromatic heterocycles. The molecule has 43 heavy (non-hydrogen) atoms. The van der Waals surface area contributed by atoms with Crippen LogP contribution in [-0.2, 0) is 12.8 Å². The van der Waals surface area contributed by atoms with Crippen molar-refractivity contribution < 1.29 is 32.2 Å². The second kappa shape index (κ2) is 14.1. The summed E-state index contributed by atoms with van der Waals surface area (Å²) in [6.45, 7) is 1.85. The second-order valence-electron chi connectivity index (χ2n) is 10.5. The van der Waals surface area contributed by atoms with Gasteiger partial charge in [-0.1, -0.05) is 61.7 Å². The lowest BCUT2D eigenvalue weighted by Crippen LogP contribution is -2.22. The minimum Gasteiger partial charge on any atom is -0.489 e. The van der Waals surface area contributed by atoms with Gasteiger partial charge in [0.05, 0.1) is 22.5 Å². The molecule has 0 spiro atoms. The third-order valence-electron chi connectivity index (χ3n) is 7.34. The first-order valence-electron chi connectivity index (χ1n) is 14.0. The van der Waals surface area contributed by atoms with Crippen molar-refractivity contribution in [1.29, 1.82) is 0 Å². The van der Waals surface area contributed by atoms with Crippen molar-refractivity contribution in [3.8, 4) is 16.9 Å². The quantitative estimate of drug-likeness (QED) is 0.147. The van der Waals surface area contributed by atoms with Crippen molar-refractivity contribution in [3.63, 3.8) is 0 Å². The average molecular weight is 595 g/mol. The van der Waals surface area contributed by atoms with Gasteiger partial charge in [0.15, 0.2) is 0 Å². The molecule has 4 aromatic carbocycles. The lowest BCUT2D eigenvalue weighted by Gasteiger charge is -2.24. The molecule has 0 heterocycles. The van der Waals surface area contributed by atoms with Crippen LogP contribution in [0.1, 0.15) is 59.2 Å². The zero-order chi connectivity index (χ0) is 31.0. The molecule has 1 saturated carbocycles. The molecule has 0 atom stereocenters. The number of hydrogen-bond acceptors (Lipinski definition) is 4. The summed E-state index contributed by atoms with van der Waals surface area (Å²) >= 11 is 0. The molecule has 1 aliphatic carbocycles. The van der Waals surface area contributed by atoms with Gasteiger partial charge in [0.2, 0.25) is 0 Å². The molecule has 0 saturated heterocycles. The molecule has 0 aliphatic heterocycles. The number of halogens is 4. The summed E-state index contributed by atoms with van der Waals surface area (Å²) < 4.78 is 57.4. The van der Waals surface area contributed by atoms with Gasteiger partial charge in [0.1, 0.15) is 18.2 Å². The van der Waals surface area contributed by atoms with Crippen molar-refractivity contribution in [2.45, 2.75) is 57.9 Å². The number of carboxylic acid groups (broad SMARTS) is 1. The lowest BCUT2D eigenvalue weighted by atomic mass is 9.95. The number of rotatable bonds is 7. The summed E-state index contributed by atoms with van der Waals surface area (Å²) in [5.41, 5.74) is 9.51. The van der Waals surface area contributed by atoms with E-state index in [1.54, 1.807) is 31.2 Å². The maximum absolute atomic E-state index is 13.6. The van der Waals surface area contributed by atoms with Crippen LogP contribution in [0.3, 0.4) is 0 Å². The molecule has 0 bridgehead atoms. The number of carbonyl (C=O) groups is 1. The largest absolute Gasteiger partial charge is 0.489 e. The van der Waals surface area contributed by atoms with Gasteiger partial charge in [-0.15, -0.1) is 0 Å². The van der Waals surface area contributed by atoms with E-state index < -0.39 is 17.7 Å². The maximum Gasteiger partial charge on any atom is 0.416 e.